The van der Waals surface area contributed by atoms with E-state index in [9.17, 15) is 14.4 Å². The van der Waals surface area contributed by atoms with E-state index in [0.29, 0.717) is 6.42 Å². The first-order valence-corrected chi connectivity index (χ1v) is 5.31. The third-order valence-electron chi connectivity index (χ3n) is 2.54. The molecule has 0 aliphatic carbocycles. The maximum Gasteiger partial charge on any atom is 0.326 e. The average Bonchev–Trinajstić information content (AvgIpc) is 2.22. The average molecular weight is 245 g/mol. The molecule has 2 atom stereocenters. The van der Waals surface area contributed by atoms with Gasteiger partial charge in [0.25, 0.3) is 0 Å². The molecule has 0 radical (unpaired) electrons. The van der Waals surface area contributed by atoms with Crippen LogP contribution in [0.1, 0.15) is 33.1 Å². The number of carboxylic acid groups (broad SMARTS) is 1. The zero-order valence-corrected chi connectivity index (χ0v) is 10.0. The van der Waals surface area contributed by atoms with Crippen LogP contribution in [-0.2, 0) is 14.4 Å². The molecule has 0 aliphatic heterocycles. The predicted octanol–water partition coefficient (Wildman–Crippen LogP) is -1.05. The number of rotatable bonds is 7. The molecule has 0 aliphatic rings. The van der Waals surface area contributed by atoms with Crippen molar-refractivity contribution in [2.45, 2.75) is 44.7 Å². The zero-order chi connectivity index (χ0) is 13.6. The summed E-state index contributed by atoms with van der Waals surface area (Å²) in [6, 6.07) is -1.15. The first-order valence-electron chi connectivity index (χ1n) is 5.31. The highest BCUT2D eigenvalue weighted by Gasteiger charge is 2.30. The molecule has 6 N–H and O–H groups in total. The van der Waals surface area contributed by atoms with Crippen molar-refractivity contribution in [3.63, 3.8) is 0 Å². The van der Waals surface area contributed by atoms with Gasteiger partial charge in [0.15, 0.2) is 0 Å². The molecule has 0 saturated heterocycles. The molecule has 0 spiro atoms. The number of hydrogen-bond acceptors (Lipinski definition) is 4. The monoisotopic (exact) mass is 245 g/mol. The number of carbonyl (C=O) groups is 3. The molecule has 0 bridgehead atoms. The van der Waals surface area contributed by atoms with E-state index in [1.807, 2.05) is 0 Å². The van der Waals surface area contributed by atoms with Crippen LogP contribution >= 0.6 is 0 Å². The van der Waals surface area contributed by atoms with E-state index in [0.717, 1.165) is 0 Å². The van der Waals surface area contributed by atoms with Crippen molar-refractivity contribution in [2.24, 2.45) is 11.5 Å². The minimum absolute atomic E-state index is 0.0454. The number of primary amides is 1. The molecule has 0 aromatic carbocycles. The van der Waals surface area contributed by atoms with Crippen molar-refractivity contribution in [1.82, 2.24) is 5.32 Å². The van der Waals surface area contributed by atoms with Gasteiger partial charge in [-0.1, -0.05) is 6.92 Å². The quantitative estimate of drug-likeness (QED) is 0.453. The van der Waals surface area contributed by atoms with Gasteiger partial charge in [-0.15, -0.1) is 0 Å². The number of aliphatic carboxylic acids is 1. The standard InChI is InChI=1S/C10H19N3O4/c1-3-10(2,12)9(17)13-6(8(15)16)4-5-7(11)14/h6H,3-5,12H2,1-2H3,(H2,11,14)(H,13,17)(H,15,16)/t6-,10?/m0/s1. The summed E-state index contributed by atoms with van der Waals surface area (Å²) in [4.78, 5) is 33.1. The molecular weight excluding hydrogens is 226 g/mol. The number of nitrogens with two attached hydrogens (primary N) is 2. The minimum Gasteiger partial charge on any atom is -0.480 e. The summed E-state index contributed by atoms with van der Waals surface area (Å²) in [7, 11) is 0. The van der Waals surface area contributed by atoms with Crippen LogP contribution in [0, 0.1) is 0 Å². The Hall–Kier alpha value is -1.63. The van der Waals surface area contributed by atoms with E-state index in [1.165, 1.54) is 6.92 Å². The Morgan fingerprint density at radius 1 is 1.41 bits per heavy atom. The highest BCUT2D eigenvalue weighted by molar-refractivity contribution is 5.89. The summed E-state index contributed by atoms with van der Waals surface area (Å²) >= 11 is 0. The lowest BCUT2D eigenvalue weighted by molar-refractivity contribution is -0.143. The van der Waals surface area contributed by atoms with Crippen molar-refractivity contribution in [3.05, 3.63) is 0 Å². The number of hydrogen-bond donors (Lipinski definition) is 4. The van der Waals surface area contributed by atoms with Crippen LogP contribution in [0.4, 0.5) is 0 Å². The molecule has 2 amide bonds. The number of carboxylic acids is 1. The second-order valence-electron chi connectivity index (χ2n) is 4.14. The third kappa shape index (κ3) is 5.30. The molecule has 7 heteroatoms. The Kier molecular flexibility index (Phi) is 5.60. The predicted molar refractivity (Wildman–Crippen MR) is 60.9 cm³/mol. The van der Waals surface area contributed by atoms with Gasteiger partial charge in [0.1, 0.15) is 6.04 Å². The van der Waals surface area contributed by atoms with Crippen molar-refractivity contribution < 1.29 is 19.5 Å². The first kappa shape index (κ1) is 15.4. The van der Waals surface area contributed by atoms with E-state index in [2.05, 4.69) is 5.32 Å². The summed E-state index contributed by atoms with van der Waals surface area (Å²) in [6.45, 7) is 3.23. The van der Waals surface area contributed by atoms with E-state index in [1.54, 1.807) is 6.92 Å². The minimum atomic E-state index is -1.22. The van der Waals surface area contributed by atoms with E-state index < -0.39 is 29.4 Å². The molecular formula is C10H19N3O4. The lowest BCUT2D eigenvalue weighted by Gasteiger charge is -2.24. The topological polar surface area (TPSA) is 136 Å². The van der Waals surface area contributed by atoms with Gasteiger partial charge in [-0.25, -0.2) is 4.79 Å². The molecule has 0 aromatic heterocycles. The number of amides is 2. The Morgan fingerprint density at radius 2 is 1.94 bits per heavy atom. The molecule has 0 heterocycles. The van der Waals surface area contributed by atoms with Crippen LogP contribution in [0.2, 0.25) is 0 Å². The van der Waals surface area contributed by atoms with Crippen LogP contribution < -0.4 is 16.8 Å². The van der Waals surface area contributed by atoms with Gasteiger partial charge in [-0.3, -0.25) is 9.59 Å². The van der Waals surface area contributed by atoms with Gasteiger partial charge in [0.05, 0.1) is 5.54 Å². The largest absolute Gasteiger partial charge is 0.480 e. The summed E-state index contributed by atoms with van der Waals surface area (Å²) in [6.07, 6.45) is 0.224. The Bertz CT molecular complexity index is 315. The SMILES string of the molecule is CCC(C)(N)C(=O)N[C@@H](CCC(N)=O)C(=O)O. The number of carbonyl (C=O) groups excluding carboxylic acids is 2. The fourth-order valence-corrected chi connectivity index (χ4v) is 1.03. The van der Waals surface area contributed by atoms with E-state index in [-0.39, 0.29) is 12.8 Å². The lowest BCUT2D eigenvalue weighted by Crippen LogP contribution is -2.55. The molecule has 17 heavy (non-hydrogen) atoms. The molecule has 0 rings (SSSR count). The van der Waals surface area contributed by atoms with Crippen molar-refractivity contribution >= 4 is 17.8 Å². The Balaban J connectivity index is 4.50. The van der Waals surface area contributed by atoms with Gasteiger partial charge in [-0.05, 0) is 19.8 Å². The van der Waals surface area contributed by atoms with Crippen molar-refractivity contribution in [2.75, 3.05) is 0 Å². The summed E-state index contributed by atoms with van der Waals surface area (Å²) in [5, 5.41) is 11.2. The normalized spacial score (nSPS) is 15.7. The van der Waals surface area contributed by atoms with Gasteiger partial charge in [-0.2, -0.15) is 0 Å². The molecule has 7 nitrogen and oxygen atoms in total. The zero-order valence-electron chi connectivity index (χ0n) is 10.0. The van der Waals surface area contributed by atoms with Gasteiger partial charge in [0, 0.05) is 6.42 Å². The van der Waals surface area contributed by atoms with Crippen molar-refractivity contribution in [1.29, 1.82) is 0 Å². The van der Waals surface area contributed by atoms with Gasteiger partial charge < -0.3 is 21.9 Å². The Labute approximate surface area is 99.5 Å². The van der Waals surface area contributed by atoms with Crippen LogP contribution in [0.25, 0.3) is 0 Å². The molecule has 98 valence electrons. The van der Waals surface area contributed by atoms with Gasteiger partial charge in [0.2, 0.25) is 11.8 Å². The molecule has 0 aromatic rings. The van der Waals surface area contributed by atoms with Crippen LogP contribution in [0.3, 0.4) is 0 Å². The lowest BCUT2D eigenvalue weighted by atomic mass is 9.98. The third-order valence-corrected chi connectivity index (χ3v) is 2.54. The first-order chi connectivity index (χ1) is 7.70. The second kappa shape index (κ2) is 6.19. The van der Waals surface area contributed by atoms with Crippen LogP contribution in [-0.4, -0.2) is 34.5 Å². The smallest absolute Gasteiger partial charge is 0.326 e. The van der Waals surface area contributed by atoms with Crippen LogP contribution in [0.15, 0.2) is 0 Å². The Morgan fingerprint density at radius 3 is 2.29 bits per heavy atom. The highest BCUT2D eigenvalue weighted by Crippen LogP contribution is 2.06. The van der Waals surface area contributed by atoms with E-state index >= 15 is 0 Å². The highest BCUT2D eigenvalue weighted by atomic mass is 16.4. The van der Waals surface area contributed by atoms with Crippen molar-refractivity contribution in [3.8, 4) is 0 Å². The summed E-state index contributed by atoms with van der Waals surface area (Å²) in [5.74, 6) is -2.39. The van der Waals surface area contributed by atoms with Gasteiger partial charge >= 0.3 is 5.97 Å². The maximum atomic E-state index is 11.6. The number of nitrogens with one attached hydrogen (secondary N) is 1. The fourth-order valence-electron chi connectivity index (χ4n) is 1.03. The fraction of sp³-hybridized carbons (Fsp3) is 0.700. The molecule has 0 saturated carbocycles. The molecule has 0 fully saturated rings. The second-order valence-corrected chi connectivity index (χ2v) is 4.14. The summed E-state index contributed by atoms with van der Waals surface area (Å²) in [5.41, 5.74) is 9.46. The maximum absolute atomic E-state index is 11.6. The molecule has 1 unspecified atom stereocenters. The van der Waals surface area contributed by atoms with Crippen LogP contribution in [0.5, 0.6) is 0 Å². The summed E-state index contributed by atoms with van der Waals surface area (Å²) < 4.78 is 0. The van der Waals surface area contributed by atoms with E-state index in [4.69, 9.17) is 16.6 Å².